The van der Waals surface area contributed by atoms with Gasteiger partial charge in [-0.1, -0.05) is 60.7 Å². The van der Waals surface area contributed by atoms with Gasteiger partial charge < -0.3 is 21.0 Å². The van der Waals surface area contributed by atoms with Gasteiger partial charge >= 0.3 is 36.2 Å². The zero-order chi connectivity index (χ0) is 17.8. The maximum atomic E-state index is 10.6. The number of aliphatic hydroxyl groups is 1. The van der Waals surface area contributed by atoms with Crippen LogP contribution < -0.4 is 18.9 Å². The first-order chi connectivity index (χ1) is 12.2. The molecule has 27 heavy (non-hydrogen) atoms. The van der Waals surface area contributed by atoms with Crippen molar-refractivity contribution in [1.29, 1.82) is 0 Å². The predicted octanol–water partition coefficient (Wildman–Crippen LogP) is 2.14. The van der Waals surface area contributed by atoms with E-state index in [1.807, 2.05) is 72.8 Å². The fraction of sp³-hybridized carbons (Fsp3) is 0.0909. The number of phenolic OH excluding ortho intramolecular Hbond substituents is 2. The van der Waals surface area contributed by atoms with Crippen LogP contribution in [0.4, 0.5) is 0 Å². The summed E-state index contributed by atoms with van der Waals surface area (Å²) in [7, 11) is 0. The number of hydrogen-bond acceptors (Lipinski definition) is 3. The van der Waals surface area contributed by atoms with Crippen LogP contribution in [0, 0.1) is 0 Å². The molecule has 5 heteroatoms. The van der Waals surface area contributed by atoms with Gasteiger partial charge in [0.05, 0.1) is 0 Å². The van der Waals surface area contributed by atoms with Gasteiger partial charge in [0.1, 0.15) is 11.5 Å². The normalized spacial score (nSPS) is 9.70. The van der Waals surface area contributed by atoms with Gasteiger partial charge in [0.2, 0.25) is 0 Å². The van der Waals surface area contributed by atoms with Crippen molar-refractivity contribution >= 4 is 38.9 Å². The Morgan fingerprint density at radius 1 is 0.667 bits per heavy atom. The quantitative estimate of drug-likeness (QED) is 0.450. The van der Waals surface area contributed by atoms with Crippen molar-refractivity contribution in [2.45, 2.75) is 6.92 Å². The van der Waals surface area contributed by atoms with Crippen molar-refractivity contribution in [1.82, 2.24) is 0 Å². The zero-order valence-corrected chi connectivity index (χ0v) is 16.7. The molecule has 4 aromatic rings. The van der Waals surface area contributed by atoms with E-state index in [-0.39, 0.29) is 60.0 Å². The molecule has 0 aliphatic rings. The van der Waals surface area contributed by atoms with E-state index in [0.717, 1.165) is 21.5 Å². The number of phenols is 2. The van der Waals surface area contributed by atoms with Crippen LogP contribution in [-0.4, -0.2) is 39.3 Å². The number of aromatic hydroxyl groups is 2. The second-order valence-corrected chi connectivity index (χ2v) is 5.68. The van der Waals surface area contributed by atoms with Gasteiger partial charge in [0, 0.05) is 28.5 Å². The van der Waals surface area contributed by atoms with Crippen LogP contribution >= 0.6 is 0 Å². The molecule has 4 rings (SSSR count). The predicted molar refractivity (Wildman–Crippen MR) is 113 cm³/mol. The molecule has 0 saturated carbocycles. The molecule has 3 nitrogen and oxygen atoms in total. The van der Waals surface area contributed by atoms with E-state index in [1.54, 1.807) is 6.92 Å². The van der Waals surface area contributed by atoms with Gasteiger partial charge in [-0.15, -0.1) is 0 Å². The van der Waals surface area contributed by atoms with Crippen LogP contribution in [0.25, 0.3) is 32.7 Å². The number of rotatable bonds is 1. The van der Waals surface area contributed by atoms with E-state index < -0.39 is 0 Å². The minimum atomic E-state index is 0. The molecule has 0 amide bonds. The topological polar surface area (TPSA) is 60.7 Å². The molecule has 3 N–H and O–H groups in total. The summed E-state index contributed by atoms with van der Waals surface area (Å²) in [6.45, 7) is 1.93. The largest absolute Gasteiger partial charge is 3.00 e. The van der Waals surface area contributed by atoms with E-state index in [4.69, 9.17) is 5.11 Å². The zero-order valence-electron chi connectivity index (χ0n) is 19.6. The van der Waals surface area contributed by atoms with Crippen LogP contribution in [0.3, 0.4) is 0 Å². The van der Waals surface area contributed by atoms with Gasteiger partial charge in [0.25, 0.3) is 0 Å². The van der Waals surface area contributed by atoms with E-state index >= 15 is 0 Å². The maximum Gasteiger partial charge on any atom is 3.00 e. The minimum absolute atomic E-state index is 0. The number of benzene rings is 4. The fourth-order valence-electron chi connectivity index (χ4n) is 2.94. The minimum Gasteiger partial charge on any atom is -1.00 e. The SMILES string of the molecule is CCO.Oc1c(-c2ccc3ccccc3c2O)ccc2ccccc12.[Al+3].[H-].[H-].[H-].[H-].[Li+]. The van der Waals surface area contributed by atoms with Crippen LogP contribution in [0.1, 0.15) is 12.6 Å². The summed E-state index contributed by atoms with van der Waals surface area (Å²) in [6.07, 6.45) is 0. The first kappa shape index (κ1) is 23.1. The van der Waals surface area contributed by atoms with Crippen LogP contribution in [0.15, 0.2) is 72.8 Å². The molecule has 0 aliphatic carbocycles. The van der Waals surface area contributed by atoms with Gasteiger partial charge in [-0.25, -0.2) is 0 Å². The molecular weight excluding hydrogens is 346 g/mol. The summed E-state index contributed by atoms with van der Waals surface area (Å²) < 4.78 is 0. The first-order valence-electron chi connectivity index (χ1n) is 8.20. The van der Waals surface area contributed by atoms with Crippen LogP contribution in [-0.2, 0) is 0 Å². The molecule has 0 atom stereocenters. The third-order valence-corrected chi connectivity index (χ3v) is 4.09. The standard InChI is InChI=1S/C20H14O2.C2H6O.Al.Li.4H/c21-19-15-7-3-1-5-13(15)9-11-17(19)18-12-10-14-6-2-4-8-16(14)20(18)22;1-2-3;;;;;;/h1-12,21-22H;3H,2H2,1H3;;;;;;/q;;+3;+1;4*-1. The van der Waals surface area contributed by atoms with Gasteiger partial charge in [-0.2, -0.15) is 0 Å². The Bertz CT molecular complexity index is 968. The van der Waals surface area contributed by atoms with Crippen molar-refractivity contribution in [2.75, 3.05) is 6.61 Å². The Morgan fingerprint density at radius 3 is 1.37 bits per heavy atom. The molecule has 134 valence electrons. The Kier molecular flexibility index (Phi) is 8.94. The van der Waals surface area contributed by atoms with Crippen molar-refractivity contribution < 1.29 is 39.9 Å². The molecule has 0 fully saturated rings. The van der Waals surface area contributed by atoms with Crippen LogP contribution in [0.2, 0.25) is 0 Å². The summed E-state index contributed by atoms with van der Waals surface area (Å²) in [5.41, 5.74) is 1.28. The average Bonchev–Trinajstić information content (AvgIpc) is 2.64. The van der Waals surface area contributed by atoms with E-state index in [2.05, 4.69) is 0 Å². The summed E-state index contributed by atoms with van der Waals surface area (Å²) in [5, 5.41) is 32.3. The van der Waals surface area contributed by atoms with Gasteiger partial charge in [-0.05, 0) is 29.8 Å². The Hall–Kier alpha value is -1.91. The van der Waals surface area contributed by atoms with Gasteiger partial charge in [0.15, 0.2) is 0 Å². The molecule has 0 aliphatic heterocycles. The molecule has 4 aromatic carbocycles. The van der Waals surface area contributed by atoms with E-state index in [1.165, 1.54) is 0 Å². The number of aliphatic hydroxyl groups excluding tert-OH is 1. The Balaban J connectivity index is -0.000000385. The summed E-state index contributed by atoms with van der Waals surface area (Å²) in [4.78, 5) is 0. The van der Waals surface area contributed by atoms with Gasteiger partial charge in [-0.3, -0.25) is 0 Å². The number of hydrogen-bond donors (Lipinski definition) is 3. The van der Waals surface area contributed by atoms with E-state index in [9.17, 15) is 10.2 Å². The third-order valence-electron chi connectivity index (χ3n) is 4.09. The second-order valence-electron chi connectivity index (χ2n) is 5.68. The Morgan fingerprint density at radius 2 is 1.00 bits per heavy atom. The summed E-state index contributed by atoms with van der Waals surface area (Å²) in [6, 6.07) is 23.0. The third kappa shape index (κ3) is 4.69. The summed E-state index contributed by atoms with van der Waals surface area (Å²) >= 11 is 0. The molecular formula is C22H24AlLiO3. The van der Waals surface area contributed by atoms with Crippen LogP contribution in [0.5, 0.6) is 11.5 Å². The molecule has 0 radical (unpaired) electrons. The van der Waals surface area contributed by atoms with Crippen molar-refractivity contribution in [2.24, 2.45) is 0 Å². The Labute approximate surface area is 187 Å². The molecule has 0 spiro atoms. The molecule has 0 bridgehead atoms. The molecule has 0 heterocycles. The van der Waals surface area contributed by atoms with Crippen molar-refractivity contribution in [3.8, 4) is 22.6 Å². The monoisotopic (exact) mass is 370 g/mol. The summed E-state index contributed by atoms with van der Waals surface area (Å²) in [5.74, 6) is 0.396. The number of fused-ring (bicyclic) bond motifs is 2. The maximum absolute atomic E-state index is 10.6. The van der Waals surface area contributed by atoms with E-state index in [0.29, 0.717) is 11.1 Å². The van der Waals surface area contributed by atoms with Crippen molar-refractivity contribution in [3.63, 3.8) is 0 Å². The fourth-order valence-corrected chi connectivity index (χ4v) is 2.94. The molecule has 0 unspecified atom stereocenters. The van der Waals surface area contributed by atoms with Crippen molar-refractivity contribution in [3.05, 3.63) is 72.8 Å². The first-order valence-corrected chi connectivity index (χ1v) is 8.20. The smallest absolute Gasteiger partial charge is 1.00 e. The second kappa shape index (κ2) is 10.4. The molecule has 0 aromatic heterocycles. The average molecular weight is 370 g/mol. The molecule has 0 saturated heterocycles.